The molecule has 1 aliphatic heterocycles. The summed E-state index contributed by atoms with van der Waals surface area (Å²) in [5.41, 5.74) is 1.33. The normalized spacial score (nSPS) is 29.1. The van der Waals surface area contributed by atoms with Crippen LogP contribution in [-0.4, -0.2) is 16.3 Å². The summed E-state index contributed by atoms with van der Waals surface area (Å²) < 4.78 is 1.87. The summed E-state index contributed by atoms with van der Waals surface area (Å²) in [6.07, 6.45) is 6.62. The summed E-state index contributed by atoms with van der Waals surface area (Å²) in [7, 11) is 1.97. The predicted octanol–water partition coefficient (Wildman–Crippen LogP) is 1.48. The van der Waals surface area contributed by atoms with E-state index >= 15 is 0 Å². The molecular weight excluding hydrogens is 162 g/mol. The molecule has 3 heteroatoms. The zero-order chi connectivity index (χ0) is 9.26. The molecule has 1 aliphatic rings. The fourth-order valence-electron chi connectivity index (χ4n) is 1.98. The second kappa shape index (κ2) is 3.50. The zero-order valence-electron chi connectivity index (χ0n) is 8.33. The van der Waals surface area contributed by atoms with Crippen molar-refractivity contribution in [3.05, 3.63) is 18.0 Å². The van der Waals surface area contributed by atoms with Crippen molar-refractivity contribution in [3.8, 4) is 0 Å². The number of nitrogens with zero attached hydrogens (tertiary/aromatic N) is 2. The molecule has 2 heterocycles. The smallest absolute Gasteiger partial charge is 0.0537 e. The van der Waals surface area contributed by atoms with Crippen LogP contribution in [0, 0.1) is 5.92 Å². The maximum atomic E-state index is 4.19. The van der Waals surface area contributed by atoms with Gasteiger partial charge in [-0.15, -0.1) is 0 Å². The molecule has 13 heavy (non-hydrogen) atoms. The molecule has 1 aromatic rings. The van der Waals surface area contributed by atoms with Crippen molar-refractivity contribution in [2.75, 3.05) is 6.54 Å². The van der Waals surface area contributed by atoms with Crippen LogP contribution >= 0.6 is 0 Å². The highest BCUT2D eigenvalue weighted by atomic mass is 15.2. The molecule has 0 bridgehead atoms. The molecule has 0 aromatic carbocycles. The van der Waals surface area contributed by atoms with Crippen LogP contribution in [0.4, 0.5) is 0 Å². The summed E-state index contributed by atoms with van der Waals surface area (Å²) in [5, 5.41) is 7.72. The van der Waals surface area contributed by atoms with Crippen molar-refractivity contribution in [3.63, 3.8) is 0 Å². The van der Waals surface area contributed by atoms with E-state index in [-0.39, 0.29) is 0 Å². The first kappa shape index (κ1) is 8.75. The second-order valence-corrected chi connectivity index (χ2v) is 4.08. The van der Waals surface area contributed by atoms with Gasteiger partial charge in [-0.3, -0.25) is 4.68 Å². The van der Waals surface area contributed by atoms with Gasteiger partial charge in [0.1, 0.15) is 0 Å². The lowest BCUT2D eigenvalue weighted by atomic mass is 9.91. The molecule has 1 aromatic heterocycles. The Bertz CT molecular complexity index is 279. The third-order valence-electron chi connectivity index (χ3n) is 2.79. The van der Waals surface area contributed by atoms with Gasteiger partial charge in [0, 0.05) is 24.8 Å². The average molecular weight is 179 g/mol. The van der Waals surface area contributed by atoms with Crippen molar-refractivity contribution >= 4 is 0 Å². The van der Waals surface area contributed by atoms with Crippen LogP contribution < -0.4 is 5.32 Å². The van der Waals surface area contributed by atoms with Crippen molar-refractivity contribution in [1.82, 2.24) is 15.1 Å². The van der Waals surface area contributed by atoms with Gasteiger partial charge in [0.25, 0.3) is 0 Å². The number of piperidine rings is 1. The summed E-state index contributed by atoms with van der Waals surface area (Å²) in [4.78, 5) is 0. The van der Waals surface area contributed by atoms with E-state index in [0.29, 0.717) is 6.04 Å². The Labute approximate surface area is 79.1 Å². The number of aromatic nitrogens is 2. The molecule has 2 unspecified atom stereocenters. The minimum absolute atomic E-state index is 0.525. The van der Waals surface area contributed by atoms with E-state index in [9.17, 15) is 0 Å². The third kappa shape index (κ3) is 1.91. The highest BCUT2D eigenvalue weighted by Crippen LogP contribution is 2.26. The van der Waals surface area contributed by atoms with E-state index in [0.717, 1.165) is 12.5 Å². The summed E-state index contributed by atoms with van der Waals surface area (Å²) in [6, 6.07) is 0.525. The van der Waals surface area contributed by atoms with Gasteiger partial charge in [-0.2, -0.15) is 5.10 Å². The van der Waals surface area contributed by atoms with Crippen molar-refractivity contribution in [2.45, 2.75) is 25.8 Å². The van der Waals surface area contributed by atoms with Crippen LogP contribution in [0.3, 0.4) is 0 Å². The van der Waals surface area contributed by atoms with Gasteiger partial charge in [0.15, 0.2) is 0 Å². The molecule has 1 fully saturated rings. The lowest BCUT2D eigenvalue weighted by Gasteiger charge is -2.27. The fraction of sp³-hybridized carbons (Fsp3) is 0.700. The van der Waals surface area contributed by atoms with Crippen molar-refractivity contribution in [2.24, 2.45) is 13.0 Å². The molecular formula is C10H17N3. The highest BCUT2D eigenvalue weighted by Gasteiger charge is 2.20. The van der Waals surface area contributed by atoms with Gasteiger partial charge < -0.3 is 5.32 Å². The van der Waals surface area contributed by atoms with Gasteiger partial charge in [0.2, 0.25) is 0 Å². The van der Waals surface area contributed by atoms with Crippen molar-refractivity contribution in [1.29, 1.82) is 0 Å². The van der Waals surface area contributed by atoms with E-state index < -0.39 is 0 Å². The van der Waals surface area contributed by atoms with E-state index in [1.807, 2.05) is 17.9 Å². The Balaban J connectivity index is 2.08. The lowest BCUT2D eigenvalue weighted by Crippen LogP contribution is -2.30. The first-order valence-corrected chi connectivity index (χ1v) is 4.97. The van der Waals surface area contributed by atoms with E-state index in [2.05, 4.69) is 23.5 Å². The molecule has 72 valence electrons. The number of hydrogen-bond donors (Lipinski definition) is 1. The van der Waals surface area contributed by atoms with E-state index in [4.69, 9.17) is 0 Å². The second-order valence-electron chi connectivity index (χ2n) is 4.08. The van der Waals surface area contributed by atoms with Crippen LogP contribution in [0.2, 0.25) is 0 Å². The van der Waals surface area contributed by atoms with Crippen LogP contribution in [0.15, 0.2) is 12.4 Å². The quantitative estimate of drug-likeness (QED) is 0.707. The number of hydrogen-bond acceptors (Lipinski definition) is 2. The Morgan fingerprint density at radius 2 is 2.46 bits per heavy atom. The van der Waals surface area contributed by atoms with Crippen LogP contribution in [0.25, 0.3) is 0 Å². The minimum atomic E-state index is 0.525. The van der Waals surface area contributed by atoms with Crippen LogP contribution in [-0.2, 0) is 7.05 Å². The molecule has 1 saturated heterocycles. The van der Waals surface area contributed by atoms with Gasteiger partial charge in [-0.05, 0) is 25.3 Å². The number of nitrogens with one attached hydrogen (secondary N) is 1. The van der Waals surface area contributed by atoms with E-state index in [1.165, 1.54) is 18.4 Å². The van der Waals surface area contributed by atoms with Crippen molar-refractivity contribution < 1.29 is 0 Å². The van der Waals surface area contributed by atoms with Gasteiger partial charge >= 0.3 is 0 Å². The summed E-state index contributed by atoms with van der Waals surface area (Å²) in [5.74, 6) is 0.839. The molecule has 0 radical (unpaired) electrons. The Morgan fingerprint density at radius 1 is 1.62 bits per heavy atom. The maximum Gasteiger partial charge on any atom is 0.0537 e. The van der Waals surface area contributed by atoms with Crippen LogP contribution in [0.1, 0.15) is 31.4 Å². The molecule has 0 saturated carbocycles. The zero-order valence-corrected chi connectivity index (χ0v) is 8.33. The third-order valence-corrected chi connectivity index (χ3v) is 2.79. The Hall–Kier alpha value is -0.830. The molecule has 3 nitrogen and oxygen atoms in total. The van der Waals surface area contributed by atoms with Gasteiger partial charge in [0.05, 0.1) is 6.20 Å². The SMILES string of the molecule is CC1CCNC(c2cnn(C)c2)C1. The standard InChI is InChI=1S/C10H17N3/c1-8-3-4-11-10(5-8)9-6-12-13(2)7-9/h6-8,10-11H,3-5H2,1-2H3. The largest absolute Gasteiger partial charge is 0.310 e. The maximum absolute atomic E-state index is 4.19. The predicted molar refractivity (Wildman–Crippen MR) is 52.3 cm³/mol. The first-order valence-electron chi connectivity index (χ1n) is 4.97. The topological polar surface area (TPSA) is 29.9 Å². The summed E-state index contributed by atoms with van der Waals surface area (Å²) in [6.45, 7) is 3.46. The Kier molecular flexibility index (Phi) is 2.36. The highest BCUT2D eigenvalue weighted by molar-refractivity contribution is 5.11. The minimum Gasteiger partial charge on any atom is -0.310 e. The molecule has 2 atom stereocenters. The Morgan fingerprint density at radius 3 is 3.08 bits per heavy atom. The van der Waals surface area contributed by atoms with E-state index in [1.54, 1.807) is 0 Å². The molecule has 0 spiro atoms. The summed E-state index contributed by atoms with van der Waals surface area (Å²) >= 11 is 0. The molecule has 2 rings (SSSR count). The molecule has 1 N–H and O–H groups in total. The van der Waals surface area contributed by atoms with Crippen LogP contribution in [0.5, 0.6) is 0 Å². The molecule has 0 aliphatic carbocycles. The average Bonchev–Trinajstić information content (AvgIpc) is 2.52. The fourth-order valence-corrected chi connectivity index (χ4v) is 1.98. The van der Waals surface area contributed by atoms with Gasteiger partial charge in [-0.25, -0.2) is 0 Å². The number of aryl methyl sites for hydroxylation is 1. The number of rotatable bonds is 1. The van der Waals surface area contributed by atoms with Gasteiger partial charge in [-0.1, -0.05) is 6.92 Å². The first-order chi connectivity index (χ1) is 6.25. The lowest BCUT2D eigenvalue weighted by molar-refractivity contribution is 0.325. The monoisotopic (exact) mass is 179 g/mol. The molecule has 0 amide bonds.